The molecule has 1 atom stereocenters. The predicted octanol–water partition coefficient (Wildman–Crippen LogP) is 3.06. The van der Waals surface area contributed by atoms with E-state index in [0.717, 1.165) is 37.4 Å². The maximum absolute atomic E-state index is 11.9. The molecule has 2 N–H and O–H groups in total. The van der Waals surface area contributed by atoms with Crippen molar-refractivity contribution in [3.05, 3.63) is 23.9 Å². The summed E-state index contributed by atoms with van der Waals surface area (Å²) in [5.41, 5.74) is 1.07. The second-order valence-corrected chi connectivity index (χ2v) is 6.70. The van der Waals surface area contributed by atoms with Gasteiger partial charge in [-0.3, -0.25) is 4.79 Å². The van der Waals surface area contributed by atoms with E-state index in [1.807, 2.05) is 6.20 Å². The van der Waals surface area contributed by atoms with Crippen molar-refractivity contribution < 1.29 is 4.79 Å². The minimum atomic E-state index is 0. The van der Waals surface area contributed by atoms with Gasteiger partial charge < -0.3 is 15.5 Å². The lowest BCUT2D eigenvalue weighted by molar-refractivity contribution is -0.121. The van der Waals surface area contributed by atoms with Crippen molar-refractivity contribution in [3.8, 4) is 0 Å². The number of hydrogen-bond donors (Lipinski definition) is 2. The lowest BCUT2D eigenvalue weighted by atomic mass is 10.1. The highest BCUT2D eigenvalue weighted by Crippen LogP contribution is 2.17. The number of nitrogens with one attached hydrogen (secondary N) is 2. The molecule has 142 valence electrons. The number of nitrogens with zero attached hydrogens (tertiary/aromatic N) is 2. The molecule has 1 aromatic heterocycles. The predicted molar refractivity (Wildman–Crippen MR) is 107 cm³/mol. The Morgan fingerprint density at radius 3 is 2.52 bits per heavy atom. The quantitative estimate of drug-likeness (QED) is 0.813. The molecule has 25 heavy (non-hydrogen) atoms. The van der Waals surface area contributed by atoms with Gasteiger partial charge in [0, 0.05) is 38.3 Å². The van der Waals surface area contributed by atoms with E-state index in [1.165, 1.54) is 32.1 Å². The van der Waals surface area contributed by atoms with E-state index in [9.17, 15) is 4.79 Å². The van der Waals surface area contributed by atoms with Crippen LogP contribution in [0.25, 0.3) is 0 Å². The summed E-state index contributed by atoms with van der Waals surface area (Å²) in [6, 6.07) is 4.53. The van der Waals surface area contributed by atoms with E-state index < -0.39 is 0 Å². The fourth-order valence-corrected chi connectivity index (χ4v) is 3.44. The summed E-state index contributed by atoms with van der Waals surface area (Å²) in [5.74, 6) is 1.19. The van der Waals surface area contributed by atoms with Crippen LogP contribution in [0.2, 0.25) is 0 Å². The molecule has 7 heteroatoms. The number of hydrogen-bond acceptors (Lipinski definition) is 4. The normalized spacial score (nSPS) is 20.2. The van der Waals surface area contributed by atoms with Crippen molar-refractivity contribution >= 4 is 36.5 Å². The number of rotatable bonds is 5. The number of anilines is 1. The van der Waals surface area contributed by atoms with Crippen molar-refractivity contribution in [1.29, 1.82) is 0 Å². The summed E-state index contributed by atoms with van der Waals surface area (Å²) in [7, 11) is 0. The molecule has 0 bridgehead atoms. The molecule has 3 rings (SSSR count). The Morgan fingerprint density at radius 1 is 1.16 bits per heavy atom. The van der Waals surface area contributed by atoms with E-state index in [-0.39, 0.29) is 30.7 Å². The van der Waals surface area contributed by atoms with Crippen LogP contribution in [0.5, 0.6) is 0 Å². The van der Waals surface area contributed by atoms with Crippen molar-refractivity contribution in [2.75, 3.05) is 24.5 Å². The summed E-state index contributed by atoms with van der Waals surface area (Å²) < 4.78 is 0. The van der Waals surface area contributed by atoms with Gasteiger partial charge in [0.1, 0.15) is 5.82 Å². The fraction of sp³-hybridized carbons (Fsp3) is 0.667. The molecule has 2 aliphatic rings. The average Bonchev–Trinajstić information content (AvgIpc) is 2.93. The van der Waals surface area contributed by atoms with Crippen LogP contribution in [0.3, 0.4) is 0 Å². The standard InChI is InChI=1S/C18H28N4O.2ClH/c23-18(12-16-6-5-9-19-16)21-14-15-7-8-17(20-13-15)22-10-3-1-2-4-11-22;;/h7-8,13,16,19H,1-6,9-12,14H2,(H,21,23);2*1H. The second-order valence-electron chi connectivity index (χ2n) is 6.70. The molecule has 0 spiro atoms. The molecular formula is C18H30Cl2N4O. The number of carbonyl (C=O) groups excluding carboxylic acids is 1. The summed E-state index contributed by atoms with van der Waals surface area (Å²) in [6.45, 7) is 3.83. The SMILES string of the molecule is Cl.Cl.O=C(CC1CCCN1)NCc1ccc(N2CCCCCC2)nc1. The van der Waals surface area contributed by atoms with Gasteiger partial charge in [0.05, 0.1) is 0 Å². The van der Waals surface area contributed by atoms with Crippen molar-refractivity contribution in [1.82, 2.24) is 15.6 Å². The lowest BCUT2D eigenvalue weighted by Gasteiger charge is -2.21. The maximum atomic E-state index is 11.9. The zero-order valence-corrected chi connectivity index (χ0v) is 16.3. The first-order chi connectivity index (χ1) is 11.3. The molecular weight excluding hydrogens is 359 g/mol. The highest BCUT2D eigenvalue weighted by molar-refractivity contribution is 5.85. The third kappa shape index (κ3) is 7.00. The lowest BCUT2D eigenvalue weighted by Crippen LogP contribution is -2.31. The second kappa shape index (κ2) is 11.6. The van der Waals surface area contributed by atoms with Gasteiger partial charge >= 0.3 is 0 Å². The highest BCUT2D eigenvalue weighted by Gasteiger charge is 2.17. The van der Waals surface area contributed by atoms with E-state index in [4.69, 9.17) is 0 Å². The zero-order valence-electron chi connectivity index (χ0n) is 14.7. The van der Waals surface area contributed by atoms with E-state index in [2.05, 4.69) is 32.7 Å². The molecule has 2 saturated heterocycles. The first-order valence-electron chi connectivity index (χ1n) is 9.01. The molecule has 3 heterocycles. The summed E-state index contributed by atoms with van der Waals surface area (Å²) in [4.78, 5) is 18.9. The molecule has 1 aromatic rings. The van der Waals surface area contributed by atoms with E-state index >= 15 is 0 Å². The Bertz CT molecular complexity index is 498. The van der Waals surface area contributed by atoms with Gasteiger partial charge in [0.2, 0.25) is 5.91 Å². The van der Waals surface area contributed by atoms with Crippen molar-refractivity contribution in [2.45, 2.75) is 57.5 Å². The number of halogens is 2. The van der Waals surface area contributed by atoms with Gasteiger partial charge in [-0.2, -0.15) is 0 Å². The first kappa shape index (κ1) is 22.0. The Labute approximate surface area is 163 Å². The van der Waals surface area contributed by atoms with Crippen LogP contribution in [-0.4, -0.2) is 36.6 Å². The summed E-state index contributed by atoms with van der Waals surface area (Å²) in [5, 5.41) is 6.36. The van der Waals surface area contributed by atoms with Crippen LogP contribution in [0.15, 0.2) is 18.3 Å². The Balaban J connectivity index is 0.00000156. The average molecular weight is 389 g/mol. The number of carbonyl (C=O) groups is 1. The number of pyridine rings is 1. The third-order valence-corrected chi connectivity index (χ3v) is 4.82. The first-order valence-corrected chi connectivity index (χ1v) is 9.01. The molecule has 0 radical (unpaired) electrons. The van der Waals surface area contributed by atoms with Crippen LogP contribution in [0.4, 0.5) is 5.82 Å². The van der Waals surface area contributed by atoms with E-state index in [1.54, 1.807) is 0 Å². The molecule has 2 aliphatic heterocycles. The topological polar surface area (TPSA) is 57.3 Å². The van der Waals surface area contributed by atoms with Crippen LogP contribution in [0.1, 0.15) is 50.5 Å². The van der Waals surface area contributed by atoms with Crippen LogP contribution in [0, 0.1) is 0 Å². The molecule has 1 amide bonds. The summed E-state index contributed by atoms with van der Waals surface area (Å²) >= 11 is 0. The van der Waals surface area contributed by atoms with E-state index in [0.29, 0.717) is 19.0 Å². The largest absolute Gasteiger partial charge is 0.357 e. The van der Waals surface area contributed by atoms with Crippen LogP contribution < -0.4 is 15.5 Å². The molecule has 1 unspecified atom stereocenters. The maximum Gasteiger partial charge on any atom is 0.221 e. The number of aromatic nitrogens is 1. The molecule has 0 aliphatic carbocycles. The van der Waals surface area contributed by atoms with Gasteiger partial charge in [-0.15, -0.1) is 24.8 Å². The minimum absolute atomic E-state index is 0. The highest BCUT2D eigenvalue weighted by atomic mass is 35.5. The smallest absolute Gasteiger partial charge is 0.221 e. The third-order valence-electron chi connectivity index (χ3n) is 4.82. The van der Waals surface area contributed by atoms with Crippen molar-refractivity contribution in [2.24, 2.45) is 0 Å². The molecule has 0 aromatic carbocycles. The number of amides is 1. The van der Waals surface area contributed by atoms with Gasteiger partial charge in [0.15, 0.2) is 0 Å². The van der Waals surface area contributed by atoms with Crippen molar-refractivity contribution in [3.63, 3.8) is 0 Å². The molecule has 0 saturated carbocycles. The van der Waals surface area contributed by atoms with Crippen LogP contribution in [-0.2, 0) is 11.3 Å². The molecule has 2 fully saturated rings. The Morgan fingerprint density at radius 2 is 1.92 bits per heavy atom. The molecule has 5 nitrogen and oxygen atoms in total. The summed E-state index contributed by atoms with van der Waals surface area (Å²) in [6.07, 6.45) is 9.95. The zero-order chi connectivity index (χ0) is 15.9. The van der Waals surface area contributed by atoms with Gasteiger partial charge in [-0.05, 0) is 43.9 Å². The monoisotopic (exact) mass is 388 g/mol. The minimum Gasteiger partial charge on any atom is -0.357 e. The van der Waals surface area contributed by atoms with Crippen LogP contribution >= 0.6 is 24.8 Å². The van der Waals surface area contributed by atoms with Gasteiger partial charge in [-0.25, -0.2) is 4.98 Å². The van der Waals surface area contributed by atoms with Gasteiger partial charge in [0.25, 0.3) is 0 Å². The fourth-order valence-electron chi connectivity index (χ4n) is 3.44. The Kier molecular flexibility index (Phi) is 10.2. The van der Waals surface area contributed by atoms with Gasteiger partial charge in [-0.1, -0.05) is 18.9 Å². The Hall–Kier alpha value is -1.04.